The summed E-state index contributed by atoms with van der Waals surface area (Å²) in [6.45, 7) is 1.40. The van der Waals surface area contributed by atoms with E-state index in [0.29, 0.717) is 0 Å². The van der Waals surface area contributed by atoms with Gasteiger partial charge in [-0.3, -0.25) is 4.79 Å². The monoisotopic (exact) mass is 332 g/mol. The van der Waals surface area contributed by atoms with Gasteiger partial charge in [0.2, 0.25) is 5.16 Å². The molecular weight excluding hydrogens is 319 g/mol. The van der Waals surface area contributed by atoms with E-state index in [9.17, 15) is 9.18 Å². The topological polar surface area (TPSA) is 121 Å². The van der Waals surface area contributed by atoms with Crippen molar-refractivity contribution in [1.82, 2.24) is 14.9 Å². The van der Waals surface area contributed by atoms with Crippen LogP contribution in [-0.4, -0.2) is 32.1 Å². The highest BCUT2D eigenvalue weighted by Crippen LogP contribution is 2.24. The SMILES string of the molecule is CC(=N)C(C#N)C(=O)CSc1nnc(-c2ccccc2F)n1N. The predicted octanol–water partition coefficient (Wildman–Crippen LogP) is 1.64. The number of nitrogen functional groups attached to an aromatic ring is 1. The average molecular weight is 332 g/mol. The summed E-state index contributed by atoms with van der Waals surface area (Å²) in [5.74, 6) is 3.92. The second-order valence-electron chi connectivity index (χ2n) is 4.66. The zero-order valence-corrected chi connectivity index (χ0v) is 13.0. The smallest absolute Gasteiger partial charge is 0.210 e. The predicted molar refractivity (Wildman–Crippen MR) is 83.8 cm³/mol. The molecule has 9 heteroatoms. The van der Waals surface area contributed by atoms with Crippen LogP contribution < -0.4 is 5.84 Å². The molecule has 0 aliphatic carbocycles. The second-order valence-corrected chi connectivity index (χ2v) is 5.60. The van der Waals surface area contributed by atoms with Crippen LogP contribution in [0.1, 0.15) is 6.92 Å². The van der Waals surface area contributed by atoms with Crippen LogP contribution in [0.25, 0.3) is 11.4 Å². The maximum absolute atomic E-state index is 13.8. The standard InChI is InChI=1S/C14H13FN6OS/c1-8(17)10(6-16)12(22)7-23-14-20-19-13(21(14)18)9-4-2-3-5-11(9)15/h2-5,10,17H,7,18H2,1H3. The summed E-state index contributed by atoms with van der Waals surface area (Å²) < 4.78 is 14.9. The lowest BCUT2D eigenvalue weighted by Gasteiger charge is -2.06. The number of hydrogen-bond donors (Lipinski definition) is 2. The maximum Gasteiger partial charge on any atom is 0.210 e. The molecule has 2 rings (SSSR count). The second kappa shape index (κ2) is 7.02. The number of carbonyl (C=O) groups is 1. The molecule has 0 aliphatic heterocycles. The van der Waals surface area contributed by atoms with Crippen LogP contribution in [0, 0.1) is 28.5 Å². The highest BCUT2D eigenvalue weighted by atomic mass is 32.2. The molecule has 0 fully saturated rings. The number of nitrogens with one attached hydrogen (secondary N) is 1. The first-order chi connectivity index (χ1) is 11.0. The first-order valence-corrected chi connectivity index (χ1v) is 7.49. The Morgan fingerprint density at radius 3 is 2.83 bits per heavy atom. The van der Waals surface area contributed by atoms with Gasteiger partial charge in [-0.15, -0.1) is 10.2 Å². The van der Waals surface area contributed by atoms with Gasteiger partial charge in [-0.05, 0) is 19.1 Å². The number of rotatable bonds is 6. The van der Waals surface area contributed by atoms with Crippen LogP contribution in [0.2, 0.25) is 0 Å². The van der Waals surface area contributed by atoms with Crippen molar-refractivity contribution in [3.8, 4) is 17.5 Å². The molecule has 2 aromatic rings. The lowest BCUT2D eigenvalue weighted by Crippen LogP contribution is -2.22. The number of ketones is 1. The zero-order valence-electron chi connectivity index (χ0n) is 12.2. The van der Waals surface area contributed by atoms with E-state index in [2.05, 4.69) is 10.2 Å². The number of aromatic nitrogens is 3. The zero-order chi connectivity index (χ0) is 17.0. The quantitative estimate of drug-likeness (QED) is 0.471. The summed E-state index contributed by atoms with van der Waals surface area (Å²) in [6, 6.07) is 7.78. The lowest BCUT2D eigenvalue weighted by atomic mass is 10.0. The first kappa shape index (κ1) is 16.6. The molecule has 0 saturated carbocycles. The molecule has 0 aliphatic rings. The van der Waals surface area contributed by atoms with Crippen molar-refractivity contribution in [2.75, 3.05) is 11.6 Å². The number of nitrogens with zero attached hydrogens (tertiary/aromatic N) is 4. The van der Waals surface area contributed by atoms with E-state index in [0.717, 1.165) is 16.4 Å². The molecule has 1 atom stereocenters. The van der Waals surface area contributed by atoms with Crippen molar-refractivity contribution < 1.29 is 9.18 Å². The Labute approximate surface area is 135 Å². The Hall–Kier alpha value is -2.73. The number of nitrogens with two attached hydrogens (primary N) is 1. The van der Waals surface area contributed by atoms with Crippen LogP contribution >= 0.6 is 11.8 Å². The molecule has 118 valence electrons. The van der Waals surface area contributed by atoms with Gasteiger partial charge in [-0.25, -0.2) is 9.07 Å². The number of hydrogen-bond acceptors (Lipinski definition) is 7. The summed E-state index contributed by atoms with van der Waals surface area (Å²) in [7, 11) is 0. The van der Waals surface area contributed by atoms with Gasteiger partial charge in [-0.1, -0.05) is 23.9 Å². The van der Waals surface area contributed by atoms with Gasteiger partial charge in [0.05, 0.1) is 17.4 Å². The maximum atomic E-state index is 13.8. The van der Waals surface area contributed by atoms with Crippen molar-refractivity contribution in [1.29, 1.82) is 10.7 Å². The molecule has 0 bridgehead atoms. The van der Waals surface area contributed by atoms with Gasteiger partial charge in [-0.2, -0.15) is 5.26 Å². The van der Waals surface area contributed by atoms with Crippen molar-refractivity contribution in [3.63, 3.8) is 0 Å². The Kier molecular flexibility index (Phi) is 5.08. The van der Waals surface area contributed by atoms with E-state index >= 15 is 0 Å². The Balaban J connectivity index is 2.15. The third-order valence-electron chi connectivity index (χ3n) is 3.01. The molecule has 0 spiro atoms. The van der Waals surface area contributed by atoms with E-state index in [-0.39, 0.29) is 28.0 Å². The number of halogens is 1. The first-order valence-electron chi connectivity index (χ1n) is 6.51. The Morgan fingerprint density at radius 1 is 1.52 bits per heavy atom. The molecule has 1 unspecified atom stereocenters. The fourth-order valence-electron chi connectivity index (χ4n) is 1.83. The van der Waals surface area contributed by atoms with Crippen molar-refractivity contribution in [2.45, 2.75) is 12.1 Å². The van der Waals surface area contributed by atoms with Gasteiger partial charge in [0, 0.05) is 5.71 Å². The molecule has 1 heterocycles. The Morgan fingerprint density at radius 2 is 2.22 bits per heavy atom. The largest absolute Gasteiger partial charge is 0.335 e. The molecule has 0 saturated heterocycles. The summed E-state index contributed by atoms with van der Waals surface area (Å²) in [5, 5.41) is 24.2. The molecule has 1 aromatic carbocycles. The number of carbonyl (C=O) groups excluding carboxylic acids is 1. The van der Waals surface area contributed by atoms with Crippen LogP contribution in [0.4, 0.5) is 4.39 Å². The number of Topliss-reactive ketones (excluding diaryl/α,β-unsaturated/α-hetero) is 1. The summed E-state index contributed by atoms with van der Waals surface area (Å²) >= 11 is 0.982. The van der Waals surface area contributed by atoms with E-state index in [1.54, 1.807) is 18.2 Å². The van der Waals surface area contributed by atoms with Crippen LogP contribution in [0.3, 0.4) is 0 Å². The van der Waals surface area contributed by atoms with Crippen molar-refractivity contribution >= 4 is 23.3 Å². The van der Waals surface area contributed by atoms with Gasteiger partial charge >= 0.3 is 0 Å². The minimum Gasteiger partial charge on any atom is -0.335 e. The summed E-state index contributed by atoms with van der Waals surface area (Å²) in [6.07, 6.45) is 0. The third-order valence-corrected chi connectivity index (χ3v) is 3.97. The lowest BCUT2D eigenvalue weighted by molar-refractivity contribution is -0.117. The fourth-order valence-corrected chi connectivity index (χ4v) is 2.59. The molecule has 7 nitrogen and oxygen atoms in total. The third kappa shape index (κ3) is 3.54. The van der Waals surface area contributed by atoms with Gasteiger partial charge < -0.3 is 11.3 Å². The highest BCUT2D eigenvalue weighted by molar-refractivity contribution is 7.99. The number of nitriles is 1. The fraction of sp³-hybridized carbons (Fsp3) is 0.214. The average Bonchev–Trinajstić information content (AvgIpc) is 2.87. The van der Waals surface area contributed by atoms with Gasteiger partial charge in [0.15, 0.2) is 11.6 Å². The van der Waals surface area contributed by atoms with E-state index in [4.69, 9.17) is 16.5 Å². The Bertz CT molecular complexity index is 797. The summed E-state index contributed by atoms with van der Waals surface area (Å²) in [5.41, 5.74) is 0.185. The van der Waals surface area contributed by atoms with Crippen molar-refractivity contribution in [3.05, 3.63) is 30.1 Å². The van der Waals surface area contributed by atoms with Gasteiger partial charge in [0.25, 0.3) is 0 Å². The molecule has 0 amide bonds. The molecule has 0 radical (unpaired) electrons. The molecule has 3 N–H and O–H groups in total. The number of thioether (sulfide) groups is 1. The molecule has 23 heavy (non-hydrogen) atoms. The van der Waals surface area contributed by atoms with E-state index in [1.165, 1.54) is 19.1 Å². The van der Waals surface area contributed by atoms with Gasteiger partial charge in [0.1, 0.15) is 11.7 Å². The minimum atomic E-state index is -1.08. The summed E-state index contributed by atoms with van der Waals surface area (Å²) in [4.78, 5) is 11.9. The van der Waals surface area contributed by atoms with Crippen LogP contribution in [-0.2, 0) is 4.79 Å². The minimum absolute atomic E-state index is 0.0145. The van der Waals surface area contributed by atoms with Crippen molar-refractivity contribution in [2.24, 2.45) is 5.92 Å². The molecular formula is C14H13FN6OS. The van der Waals surface area contributed by atoms with E-state index in [1.807, 2.05) is 0 Å². The van der Waals surface area contributed by atoms with Crippen LogP contribution in [0.5, 0.6) is 0 Å². The molecule has 1 aromatic heterocycles. The highest BCUT2D eigenvalue weighted by Gasteiger charge is 2.22. The van der Waals surface area contributed by atoms with E-state index < -0.39 is 17.5 Å². The van der Waals surface area contributed by atoms with Crippen LogP contribution in [0.15, 0.2) is 29.4 Å². The number of benzene rings is 1. The normalized spacial score (nSPS) is 11.7.